The van der Waals surface area contributed by atoms with Gasteiger partial charge in [-0.15, -0.1) is 0 Å². The summed E-state index contributed by atoms with van der Waals surface area (Å²) in [5, 5.41) is 0. The number of aromatic nitrogens is 2. The second kappa shape index (κ2) is 2.23. The lowest BCUT2D eigenvalue weighted by molar-refractivity contribution is 1.19. The minimum absolute atomic E-state index is 0.660. The molecule has 3 nitrogen and oxygen atoms in total. The molecule has 0 aliphatic heterocycles. The van der Waals surface area contributed by atoms with Crippen LogP contribution in [0.5, 0.6) is 0 Å². The number of halogens is 1. The fourth-order valence-corrected chi connectivity index (χ4v) is 1.30. The summed E-state index contributed by atoms with van der Waals surface area (Å²) < 4.78 is 2.83. The third kappa shape index (κ3) is 0.991. The zero-order chi connectivity index (χ0) is 7.84. The van der Waals surface area contributed by atoms with E-state index < -0.39 is 0 Å². The molecule has 0 saturated heterocycles. The topological polar surface area (TPSA) is 43.3 Å². The molecule has 2 heterocycles. The van der Waals surface area contributed by atoms with Crippen LogP contribution in [0.4, 0.5) is 5.82 Å². The summed E-state index contributed by atoms with van der Waals surface area (Å²) in [5.41, 5.74) is 6.47. The first-order valence-corrected chi connectivity index (χ1v) is 3.95. The quantitative estimate of drug-likeness (QED) is 0.721. The summed E-state index contributed by atoms with van der Waals surface area (Å²) in [6, 6.07) is 3.83. The molecule has 0 aliphatic carbocycles. The van der Waals surface area contributed by atoms with Crippen LogP contribution in [-0.4, -0.2) is 9.38 Å². The molecule has 0 radical (unpaired) electrons. The van der Waals surface area contributed by atoms with Gasteiger partial charge in [0.25, 0.3) is 0 Å². The smallest absolute Gasteiger partial charge is 0.139 e. The Morgan fingerprint density at radius 3 is 3.18 bits per heavy atom. The Hall–Kier alpha value is -1.03. The largest absolute Gasteiger partial charge is 0.383 e. The SMILES string of the molecule is Nc1cnc2cc(Br)ccn12. The molecule has 56 valence electrons. The molecule has 4 heteroatoms. The highest BCUT2D eigenvalue weighted by Crippen LogP contribution is 2.14. The predicted molar refractivity (Wildman–Crippen MR) is 47.3 cm³/mol. The molecule has 2 N–H and O–H groups in total. The highest BCUT2D eigenvalue weighted by atomic mass is 79.9. The first-order valence-electron chi connectivity index (χ1n) is 3.15. The maximum Gasteiger partial charge on any atom is 0.139 e. The van der Waals surface area contributed by atoms with Crippen molar-refractivity contribution in [1.82, 2.24) is 9.38 Å². The van der Waals surface area contributed by atoms with Crippen LogP contribution in [0.1, 0.15) is 0 Å². The van der Waals surface area contributed by atoms with Crippen molar-refractivity contribution in [2.75, 3.05) is 5.73 Å². The Morgan fingerprint density at radius 2 is 2.36 bits per heavy atom. The van der Waals surface area contributed by atoms with Gasteiger partial charge in [-0.25, -0.2) is 4.98 Å². The number of rotatable bonds is 0. The van der Waals surface area contributed by atoms with E-state index in [1.54, 1.807) is 6.20 Å². The van der Waals surface area contributed by atoms with E-state index in [4.69, 9.17) is 5.73 Å². The zero-order valence-electron chi connectivity index (χ0n) is 5.66. The van der Waals surface area contributed by atoms with E-state index in [1.807, 2.05) is 22.7 Å². The molecule has 0 saturated carbocycles. The van der Waals surface area contributed by atoms with Crippen molar-refractivity contribution in [3.8, 4) is 0 Å². The van der Waals surface area contributed by atoms with Crippen LogP contribution in [-0.2, 0) is 0 Å². The standard InChI is InChI=1S/C7H6BrN3/c8-5-1-2-11-6(9)4-10-7(11)3-5/h1-4H,9H2. The van der Waals surface area contributed by atoms with Crippen LogP contribution in [0.2, 0.25) is 0 Å². The number of imidazole rings is 1. The molecule has 0 fully saturated rings. The first kappa shape index (κ1) is 6.67. The summed E-state index contributed by atoms with van der Waals surface area (Å²) in [7, 11) is 0. The Labute approximate surface area is 72.0 Å². The molecular formula is C7H6BrN3. The minimum Gasteiger partial charge on any atom is -0.383 e. The highest BCUT2D eigenvalue weighted by molar-refractivity contribution is 9.10. The van der Waals surface area contributed by atoms with E-state index in [9.17, 15) is 0 Å². The molecule has 2 aromatic heterocycles. The third-order valence-electron chi connectivity index (χ3n) is 1.50. The fourth-order valence-electron chi connectivity index (χ4n) is 0.975. The van der Waals surface area contributed by atoms with Gasteiger partial charge in [0.05, 0.1) is 6.20 Å². The van der Waals surface area contributed by atoms with Gasteiger partial charge in [0.1, 0.15) is 11.5 Å². The van der Waals surface area contributed by atoms with Crippen LogP contribution in [0.25, 0.3) is 5.65 Å². The Bertz CT molecular complexity index is 393. The van der Waals surface area contributed by atoms with Crippen LogP contribution in [0.3, 0.4) is 0 Å². The Balaban J connectivity index is 2.86. The van der Waals surface area contributed by atoms with E-state index in [2.05, 4.69) is 20.9 Å². The van der Waals surface area contributed by atoms with Gasteiger partial charge in [0, 0.05) is 10.7 Å². The van der Waals surface area contributed by atoms with Gasteiger partial charge in [-0.1, -0.05) is 15.9 Å². The molecule has 0 aliphatic rings. The van der Waals surface area contributed by atoms with E-state index >= 15 is 0 Å². The van der Waals surface area contributed by atoms with E-state index in [-0.39, 0.29) is 0 Å². The van der Waals surface area contributed by atoms with Gasteiger partial charge >= 0.3 is 0 Å². The average Bonchev–Trinajstić information content (AvgIpc) is 2.32. The molecule has 0 bridgehead atoms. The molecule has 0 spiro atoms. The van der Waals surface area contributed by atoms with E-state index in [0.29, 0.717) is 5.82 Å². The van der Waals surface area contributed by atoms with Crippen molar-refractivity contribution in [2.24, 2.45) is 0 Å². The second-order valence-corrected chi connectivity index (χ2v) is 3.17. The molecule has 0 unspecified atom stereocenters. The number of hydrogen-bond acceptors (Lipinski definition) is 2. The summed E-state index contributed by atoms with van der Waals surface area (Å²) in [6.07, 6.45) is 3.52. The van der Waals surface area contributed by atoms with Gasteiger partial charge < -0.3 is 5.73 Å². The van der Waals surface area contributed by atoms with Crippen LogP contribution in [0.15, 0.2) is 29.0 Å². The summed E-state index contributed by atoms with van der Waals surface area (Å²) in [5.74, 6) is 0.660. The zero-order valence-corrected chi connectivity index (χ0v) is 7.25. The maximum absolute atomic E-state index is 5.61. The van der Waals surface area contributed by atoms with Crippen molar-refractivity contribution in [3.05, 3.63) is 29.0 Å². The van der Waals surface area contributed by atoms with Gasteiger partial charge in [-0.2, -0.15) is 0 Å². The van der Waals surface area contributed by atoms with Gasteiger partial charge in [0.15, 0.2) is 0 Å². The lowest BCUT2D eigenvalue weighted by atomic mass is 10.5. The lowest BCUT2D eigenvalue weighted by Gasteiger charge is -1.94. The molecule has 0 atom stereocenters. The Kier molecular flexibility index (Phi) is 1.35. The molecular weight excluding hydrogens is 206 g/mol. The number of nitrogens with two attached hydrogens (primary N) is 1. The number of nitrogens with zero attached hydrogens (tertiary/aromatic N) is 2. The van der Waals surface area contributed by atoms with Crippen molar-refractivity contribution in [3.63, 3.8) is 0 Å². The highest BCUT2D eigenvalue weighted by Gasteiger charge is 1.97. The van der Waals surface area contributed by atoms with Crippen molar-refractivity contribution >= 4 is 27.4 Å². The van der Waals surface area contributed by atoms with Gasteiger partial charge in [-0.3, -0.25) is 4.40 Å². The molecule has 11 heavy (non-hydrogen) atoms. The first-order chi connectivity index (χ1) is 5.27. The predicted octanol–water partition coefficient (Wildman–Crippen LogP) is 1.68. The third-order valence-corrected chi connectivity index (χ3v) is 2.00. The number of hydrogen-bond donors (Lipinski definition) is 1. The summed E-state index contributed by atoms with van der Waals surface area (Å²) in [6.45, 7) is 0. The van der Waals surface area contributed by atoms with Crippen molar-refractivity contribution in [1.29, 1.82) is 0 Å². The number of anilines is 1. The number of fused-ring (bicyclic) bond motifs is 1. The summed E-state index contributed by atoms with van der Waals surface area (Å²) >= 11 is 3.35. The second-order valence-electron chi connectivity index (χ2n) is 2.26. The van der Waals surface area contributed by atoms with Crippen LogP contribution < -0.4 is 5.73 Å². The van der Waals surface area contributed by atoms with E-state index in [0.717, 1.165) is 10.1 Å². The summed E-state index contributed by atoms with van der Waals surface area (Å²) in [4.78, 5) is 4.09. The number of pyridine rings is 1. The monoisotopic (exact) mass is 211 g/mol. The molecule has 0 aromatic carbocycles. The number of nitrogen functional groups attached to an aromatic ring is 1. The Morgan fingerprint density at radius 1 is 1.55 bits per heavy atom. The van der Waals surface area contributed by atoms with Crippen LogP contribution >= 0.6 is 15.9 Å². The fraction of sp³-hybridized carbons (Fsp3) is 0. The molecule has 2 rings (SSSR count). The lowest BCUT2D eigenvalue weighted by Crippen LogP contribution is -1.90. The normalized spacial score (nSPS) is 10.6. The van der Waals surface area contributed by atoms with Crippen molar-refractivity contribution in [2.45, 2.75) is 0 Å². The molecule has 0 amide bonds. The molecule has 2 aromatic rings. The minimum atomic E-state index is 0.660. The average molecular weight is 212 g/mol. The maximum atomic E-state index is 5.61. The van der Waals surface area contributed by atoms with Gasteiger partial charge in [0.2, 0.25) is 0 Å². The van der Waals surface area contributed by atoms with Gasteiger partial charge in [-0.05, 0) is 12.1 Å². The van der Waals surface area contributed by atoms with Crippen molar-refractivity contribution < 1.29 is 0 Å². The van der Waals surface area contributed by atoms with Crippen LogP contribution in [0, 0.1) is 0 Å². The van der Waals surface area contributed by atoms with E-state index in [1.165, 1.54) is 0 Å².